The zero-order valence-electron chi connectivity index (χ0n) is 17.5. The van der Waals surface area contributed by atoms with E-state index in [0.717, 1.165) is 48.6 Å². The summed E-state index contributed by atoms with van der Waals surface area (Å²) < 4.78 is 0. The number of nitrogens with zero attached hydrogens (tertiary/aromatic N) is 2. The van der Waals surface area contributed by atoms with Gasteiger partial charge < -0.3 is 5.32 Å². The van der Waals surface area contributed by atoms with Crippen molar-refractivity contribution in [1.82, 2.24) is 9.88 Å². The molecule has 0 unspecified atom stereocenters. The number of fused-ring (bicyclic) bond motifs is 6. The van der Waals surface area contributed by atoms with Crippen LogP contribution in [-0.4, -0.2) is 33.6 Å². The van der Waals surface area contributed by atoms with Gasteiger partial charge in [0.1, 0.15) is 0 Å². The molecule has 31 heavy (non-hydrogen) atoms. The van der Waals surface area contributed by atoms with E-state index in [1.807, 2.05) is 24.3 Å². The van der Waals surface area contributed by atoms with Crippen LogP contribution in [0.1, 0.15) is 44.9 Å². The predicted octanol–water partition coefficient (Wildman–Crippen LogP) is 3.76. The van der Waals surface area contributed by atoms with Gasteiger partial charge in [-0.2, -0.15) is 0 Å². The minimum absolute atomic E-state index is 0.0248. The number of benzene rings is 1. The Bertz CT molecular complexity index is 1040. The molecular formula is C25H27N3O3. The summed E-state index contributed by atoms with van der Waals surface area (Å²) in [7, 11) is 0. The van der Waals surface area contributed by atoms with E-state index in [4.69, 9.17) is 0 Å². The van der Waals surface area contributed by atoms with Crippen molar-refractivity contribution in [2.75, 3.05) is 5.32 Å². The van der Waals surface area contributed by atoms with Gasteiger partial charge in [-0.3, -0.25) is 24.3 Å². The zero-order valence-corrected chi connectivity index (χ0v) is 17.5. The number of hydrogen-bond acceptors (Lipinski definition) is 4. The van der Waals surface area contributed by atoms with Gasteiger partial charge in [0.25, 0.3) is 0 Å². The van der Waals surface area contributed by atoms with Crippen LogP contribution >= 0.6 is 0 Å². The van der Waals surface area contributed by atoms with Crippen LogP contribution in [0.2, 0.25) is 0 Å². The Labute approximate surface area is 181 Å². The second-order valence-corrected chi connectivity index (χ2v) is 9.83. The maximum atomic E-state index is 13.1. The van der Waals surface area contributed by atoms with Crippen molar-refractivity contribution < 1.29 is 14.4 Å². The first-order valence-corrected chi connectivity index (χ1v) is 11.6. The summed E-state index contributed by atoms with van der Waals surface area (Å²) in [6.07, 6.45) is 9.68. The number of carbonyl (C=O) groups is 3. The molecule has 1 saturated heterocycles. The number of anilines is 1. The first kappa shape index (κ1) is 19.0. The quantitative estimate of drug-likeness (QED) is 0.771. The van der Waals surface area contributed by atoms with E-state index in [1.54, 1.807) is 17.3 Å². The molecule has 4 aliphatic rings. The van der Waals surface area contributed by atoms with Gasteiger partial charge in [0, 0.05) is 40.8 Å². The molecule has 3 amide bonds. The number of imide groups is 1. The van der Waals surface area contributed by atoms with Crippen LogP contribution in [0.25, 0.3) is 10.8 Å². The largest absolute Gasteiger partial charge is 0.325 e. The van der Waals surface area contributed by atoms with Crippen molar-refractivity contribution in [3.63, 3.8) is 0 Å². The number of likely N-dealkylation sites (tertiary alicyclic amines) is 1. The molecule has 2 aromatic rings. The molecule has 3 saturated carbocycles. The molecular weight excluding hydrogens is 390 g/mol. The van der Waals surface area contributed by atoms with Crippen LogP contribution in [0.3, 0.4) is 0 Å². The summed E-state index contributed by atoms with van der Waals surface area (Å²) in [5.74, 6) is 0.859. The molecule has 0 radical (unpaired) electrons. The van der Waals surface area contributed by atoms with Gasteiger partial charge in [0.05, 0.1) is 11.8 Å². The fraction of sp³-hybridized carbons (Fsp3) is 0.520. The van der Waals surface area contributed by atoms with Gasteiger partial charge in [-0.15, -0.1) is 0 Å². The van der Waals surface area contributed by atoms with E-state index in [2.05, 4.69) is 10.3 Å². The third kappa shape index (κ3) is 2.91. The molecule has 4 atom stereocenters. The van der Waals surface area contributed by atoms with E-state index in [1.165, 1.54) is 0 Å². The van der Waals surface area contributed by atoms with E-state index in [0.29, 0.717) is 24.7 Å². The molecule has 4 fully saturated rings. The molecule has 1 N–H and O–H groups in total. The van der Waals surface area contributed by atoms with Crippen molar-refractivity contribution >= 4 is 34.2 Å². The fourth-order valence-corrected chi connectivity index (χ4v) is 6.85. The molecule has 0 spiro atoms. The molecule has 3 aliphatic carbocycles. The van der Waals surface area contributed by atoms with E-state index < -0.39 is 0 Å². The Hall–Kier alpha value is -2.76. The molecule has 6 rings (SSSR count). The van der Waals surface area contributed by atoms with Crippen LogP contribution in [0.4, 0.5) is 5.69 Å². The summed E-state index contributed by atoms with van der Waals surface area (Å²) in [5, 5.41) is 5.07. The summed E-state index contributed by atoms with van der Waals surface area (Å²) >= 11 is 0. The highest BCUT2D eigenvalue weighted by Crippen LogP contribution is 2.56. The third-order valence-electron chi connectivity index (χ3n) is 8.33. The highest BCUT2D eigenvalue weighted by Gasteiger charge is 2.61. The number of carbonyl (C=O) groups excluding carboxylic acids is 3. The van der Waals surface area contributed by atoms with Crippen molar-refractivity contribution in [1.29, 1.82) is 0 Å². The topological polar surface area (TPSA) is 79.4 Å². The maximum absolute atomic E-state index is 13.1. The lowest BCUT2D eigenvalue weighted by Gasteiger charge is -2.33. The molecule has 160 valence electrons. The fourth-order valence-electron chi connectivity index (χ4n) is 6.85. The predicted molar refractivity (Wildman–Crippen MR) is 116 cm³/mol. The van der Waals surface area contributed by atoms with Crippen LogP contribution in [0, 0.1) is 29.6 Å². The third-order valence-corrected chi connectivity index (χ3v) is 8.33. The number of hydrogen-bond donors (Lipinski definition) is 1. The SMILES string of the molecule is O=C(Nc1cccc2cnccc12)C1CCC(N2C(=O)[C@@H]3[C@@H]4CC[C@@H](C4)[C@@H]3C2=O)CC1. The second-order valence-electron chi connectivity index (χ2n) is 9.83. The number of nitrogens with one attached hydrogen (secondary N) is 1. The maximum Gasteiger partial charge on any atom is 0.233 e. The molecule has 1 aromatic heterocycles. The number of rotatable bonds is 3. The Morgan fingerprint density at radius 2 is 1.65 bits per heavy atom. The Morgan fingerprint density at radius 3 is 2.35 bits per heavy atom. The smallest absolute Gasteiger partial charge is 0.233 e. The molecule has 1 aliphatic heterocycles. The molecule has 6 nitrogen and oxygen atoms in total. The van der Waals surface area contributed by atoms with Crippen molar-refractivity contribution in [3.8, 4) is 0 Å². The van der Waals surface area contributed by atoms with Crippen LogP contribution in [0.5, 0.6) is 0 Å². The summed E-state index contributed by atoms with van der Waals surface area (Å²) in [6, 6.07) is 7.70. The highest BCUT2D eigenvalue weighted by molar-refractivity contribution is 6.06. The molecule has 2 heterocycles. The summed E-state index contributed by atoms with van der Waals surface area (Å²) in [5.41, 5.74) is 0.806. The average Bonchev–Trinajstić information content (AvgIpc) is 3.48. The Morgan fingerprint density at radius 1 is 0.935 bits per heavy atom. The van der Waals surface area contributed by atoms with Gasteiger partial charge in [0.2, 0.25) is 17.7 Å². The van der Waals surface area contributed by atoms with E-state index >= 15 is 0 Å². The minimum atomic E-state index is -0.0863. The zero-order chi connectivity index (χ0) is 21.1. The van der Waals surface area contributed by atoms with Crippen LogP contribution in [-0.2, 0) is 14.4 Å². The Balaban J connectivity index is 1.12. The van der Waals surface area contributed by atoms with Crippen LogP contribution < -0.4 is 5.32 Å². The number of aromatic nitrogens is 1. The molecule has 6 heteroatoms. The summed E-state index contributed by atoms with van der Waals surface area (Å²) in [6.45, 7) is 0. The van der Waals surface area contributed by atoms with Crippen molar-refractivity contribution in [3.05, 3.63) is 36.7 Å². The highest BCUT2D eigenvalue weighted by atomic mass is 16.2. The van der Waals surface area contributed by atoms with Crippen molar-refractivity contribution in [2.45, 2.75) is 51.0 Å². The van der Waals surface area contributed by atoms with E-state index in [9.17, 15) is 14.4 Å². The number of amides is 3. The standard InChI is InChI=1S/C25H27N3O3/c29-23(27-20-3-1-2-17-13-26-11-10-19(17)20)14-6-8-18(9-7-14)28-24(30)21-15-4-5-16(12-15)22(21)25(28)31/h1-3,10-11,13-16,18,21-22H,4-9,12H2,(H,27,29)/t14?,15-,16+,18?,21-,22+. The van der Waals surface area contributed by atoms with Gasteiger partial charge in [-0.05, 0) is 68.9 Å². The lowest BCUT2D eigenvalue weighted by molar-refractivity contribution is -0.144. The van der Waals surface area contributed by atoms with Gasteiger partial charge in [-0.25, -0.2) is 0 Å². The van der Waals surface area contributed by atoms with Gasteiger partial charge in [-0.1, -0.05) is 12.1 Å². The second kappa shape index (κ2) is 7.14. The van der Waals surface area contributed by atoms with Gasteiger partial charge in [0.15, 0.2) is 0 Å². The van der Waals surface area contributed by atoms with E-state index in [-0.39, 0.29) is 41.5 Å². The normalized spacial score (nSPS) is 34.4. The van der Waals surface area contributed by atoms with Crippen LogP contribution in [0.15, 0.2) is 36.7 Å². The number of pyridine rings is 1. The first-order chi connectivity index (χ1) is 15.1. The minimum Gasteiger partial charge on any atom is -0.325 e. The average molecular weight is 418 g/mol. The van der Waals surface area contributed by atoms with Crippen molar-refractivity contribution in [2.24, 2.45) is 29.6 Å². The lowest BCUT2D eigenvalue weighted by atomic mass is 9.81. The monoisotopic (exact) mass is 417 g/mol. The summed E-state index contributed by atoms with van der Waals surface area (Å²) in [4.78, 5) is 44.9. The van der Waals surface area contributed by atoms with Gasteiger partial charge >= 0.3 is 0 Å². The molecule has 2 bridgehead atoms. The first-order valence-electron chi connectivity index (χ1n) is 11.6. The molecule has 1 aromatic carbocycles. The lowest BCUT2D eigenvalue weighted by Crippen LogP contribution is -2.44. The Kier molecular flexibility index (Phi) is 4.37.